The first-order valence-corrected chi connectivity index (χ1v) is 9.04. The highest BCUT2D eigenvalue weighted by atomic mass is 16.3. The van der Waals surface area contributed by atoms with Crippen LogP contribution in [0.1, 0.15) is 15.9 Å². The van der Waals surface area contributed by atoms with Gasteiger partial charge in [-0.1, -0.05) is 30.3 Å². The quantitative estimate of drug-likeness (QED) is 0.482. The Labute approximate surface area is 161 Å². The van der Waals surface area contributed by atoms with Crippen LogP contribution in [0.2, 0.25) is 0 Å². The van der Waals surface area contributed by atoms with Crippen molar-refractivity contribution < 1.29 is 9.21 Å². The van der Waals surface area contributed by atoms with Gasteiger partial charge in [0.05, 0.1) is 6.33 Å². The molecule has 0 unspecified atom stereocenters. The fourth-order valence-corrected chi connectivity index (χ4v) is 3.36. The Balaban J connectivity index is 1.35. The zero-order chi connectivity index (χ0) is 18.9. The van der Waals surface area contributed by atoms with E-state index in [4.69, 9.17) is 4.42 Å². The molecule has 0 saturated heterocycles. The van der Waals surface area contributed by atoms with Crippen molar-refractivity contribution in [2.45, 2.75) is 6.54 Å². The van der Waals surface area contributed by atoms with Crippen molar-refractivity contribution in [3.63, 3.8) is 0 Å². The molecule has 136 valence electrons. The summed E-state index contributed by atoms with van der Waals surface area (Å²) < 4.78 is 7.87. The molecule has 0 bridgehead atoms. The van der Waals surface area contributed by atoms with Gasteiger partial charge in [-0.15, -0.1) is 0 Å². The van der Waals surface area contributed by atoms with Crippen LogP contribution in [-0.2, 0) is 6.54 Å². The number of amides is 1. The average Bonchev–Trinajstić information content (AvgIpc) is 3.35. The highest BCUT2D eigenvalue weighted by Gasteiger charge is 2.10. The highest BCUT2D eigenvalue weighted by molar-refractivity contribution is 6.08. The Kier molecular flexibility index (Phi) is 3.91. The van der Waals surface area contributed by atoms with Crippen LogP contribution in [0.25, 0.3) is 21.9 Å². The van der Waals surface area contributed by atoms with E-state index >= 15 is 0 Å². The number of carbonyl (C=O) groups excluding carboxylic acids is 1. The molecule has 3 aromatic carbocycles. The third-order valence-electron chi connectivity index (χ3n) is 4.78. The molecule has 0 fully saturated rings. The van der Waals surface area contributed by atoms with E-state index in [2.05, 4.69) is 10.3 Å². The van der Waals surface area contributed by atoms with Crippen LogP contribution in [-0.4, -0.2) is 15.5 Å². The summed E-state index contributed by atoms with van der Waals surface area (Å²) in [6.07, 6.45) is 5.43. The van der Waals surface area contributed by atoms with Crippen molar-refractivity contribution in [1.29, 1.82) is 0 Å². The van der Waals surface area contributed by atoms with Gasteiger partial charge in [-0.05, 0) is 35.9 Å². The molecule has 1 amide bonds. The Morgan fingerprint density at radius 1 is 0.964 bits per heavy atom. The first-order chi connectivity index (χ1) is 13.8. The maximum absolute atomic E-state index is 12.6. The van der Waals surface area contributed by atoms with E-state index in [-0.39, 0.29) is 5.91 Å². The molecule has 0 aliphatic rings. The fraction of sp³-hybridized carbons (Fsp3) is 0.0435. The molecular weight excluding hydrogens is 350 g/mol. The molecule has 5 aromatic rings. The summed E-state index contributed by atoms with van der Waals surface area (Å²) >= 11 is 0. The Hall–Kier alpha value is -3.86. The number of para-hydroxylation sites is 1. The number of rotatable bonds is 4. The lowest BCUT2D eigenvalue weighted by Crippen LogP contribution is -2.11. The van der Waals surface area contributed by atoms with E-state index in [0.29, 0.717) is 11.3 Å². The van der Waals surface area contributed by atoms with Crippen LogP contribution < -0.4 is 5.32 Å². The van der Waals surface area contributed by atoms with Crippen LogP contribution in [0.15, 0.2) is 89.9 Å². The summed E-state index contributed by atoms with van der Waals surface area (Å²) in [6, 6.07) is 21.2. The fourth-order valence-electron chi connectivity index (χ4n) is 3.36. The van der Waals surface area contributed by atoms with Crippen LogP contribution >= 0.6 is 0 Å². The largest absolute Gasteiger partial charge is 0.456 e. The van der Waals surface area contributed by atoms with Gasteiger partial charge >= 0.3 is 0 Å². The number of nitrogens with zero attached hydrogens (tertiary/aromatic N) is 2. The third kappa shape index (κ3) is 3.03. The smallest absolute Gasteiger partial charge is 0.255 e. The topological polar surface area (TPSA) is 60.1 Å². The van der Waals surface area contributed by atoms with Gasteiger partial charge in [0.15, 0.2) is 0 Å². The van der Waals surface area contributed by atoms with Crippen molar-refractivity contribution in [2.24, 2.45) is 0 Å². The van der Waals surface area contributed by atoms with Crippen molar-refractivity contribution in [3.05, 3.63) is 96.6 Å². The molecule has 2 heterocycles. The van der Waals surface area contributed by atoms with Gasteiger partial charge in [-0.25, -0.2) is 4.98 Å². The molecule has 1 N–H and O–H groups in total. The van der Waals surface area contributed by atoms with Gasteiger partial charge in [0.1, 0.15) is 11.2 Å². The standard InChI is InChI=1S/C23H17N3O2/c27-23(17-7-5-16(6-8-17)14-26-12-11-24-15-26)25-18-9-10-20-19-3-1-2-4-21(19)28-22(20)13-18/h1-13,15H,14H2,(H,25,27). The molecule has 5 nitrogen and oxygen atoms in total. The number of fused-ring (bicyclic) bond motifs is 3. The normalized spacial score (nSPS) is 11.1. The minimum absolute atomic E-state index is 0.148. The molecule has 0 radical (unpaired) electrons. The van der Waals surface area contributed by atoms with Gasteiger partial charge in [0.25, 0.3) is 5.91 Å². The van der Waals surface area contributed by atoms with E-state index in [1.807, 2.05) is 77.5 Å². The Bertz CT molecular complexity index is 1270. The lowest BCUT2D eigenvalue weighted by atomic mass is 10.1. The number of anilines is 1. The second-order valence-electron chi connectivity index (χ2n) is 6.70. The van der Waals surface area contributed by atoms with Crippen molar-refractivity contribution >= 4 is 33.5 Å². The number of benzene rings is 3. The first-order valence-electron chi connectivity index (χ1n) is 9.04. The second kappa shape index (κ2) is 6.70. The molecule has 2 aromatic heterocycles. The van der Waals surface area contributed by atoms with E-state index in [1.54, 1.807) is 12.5 Å². The van der Waals surface area contributed by atoms with Crippen LogP contribution in [0.3, 0.4) is 0 Å². The van der Waals surface area contributed by atoms with Crippen molar-refractivity contribution in [2.75, 3.05) is 5.32 Å². The zero-order valence-electron chi connectivity index (χ0n) is 15.0. The molecular formula is C23H17N3O2. The predicted molar refractivity (Wildman–Crippen MR) is 109 cm³/mol. The molecule has 28 heavy (non-hydrogen) atoms. The maximum atomic E-state index is 12.6. The van der Waals surface area contributed by atoms with Gasteiger partial charge in [0, 0.05) is 47.0 Å². The lowest BCUT2D eigenvalue weighted by molar-refractivity contribution is 0.102. The predicted octanol–water partition coefficient (Wildman–Crippen LogP) is 5.08. The van der Waals surface area contributed by atoms with Crippen molar-refractivity contribution in [1.82, 2.24) is 9.55 Å². The van der Waals surface area contributed by atoms with E-state index in [9.17, 15) is 4.79 Å². The Morgan fingerprint density at radius 3 is 2.61 bits per heavy atom. The molecule has 0 spiro atoms. The summed E-state index contributed by atoms with van der Waals surface area (Å²) in [5.74, 6) is -0.148. The summed E-state index contributed by atoms with van der Waals surface area (Å²) in [5, 5.41) is 5.06. The van der Waals surface area contributed by atoms with Gasteiger partial charge in [0.2, 0.25) is 0 Å². The molecule has 0 atom stereocenters. The average molecular weight is 367 g/mol. The Morgan fingerprint density at radius 2 is 1.79 bits per heavy atom. The van der Waals surface area contributed by atoms with Crippen LogP contribution in [0, 0.1) is 0 Å². The molecule has 5 rings (SSSR count). The summed E-state index contributed by atoms with van der Waals surface area (Å²) in [5.41, 5.74) is 4.03. The number of imidazole rings is 1. The highest BCUT2D eigenvalue weighted by Crippen LogP contribution is 2.30. The number of hydrogen-bond donors (Lipinski definition) is 1. The summed E-state index contributed by atoms with van der Waals surface area (Å²) in [7, 11) is 0. The number of nitrogens with one attached hydrogen (secondary N) is 1. The van der Waals surface area contributed by atoms with Gasteiger partial charge in [-0.3, -0.25) is 4.79 Å². The number of carbonyl (C=O) groups is 1. The molecule has 5 heteroatoms. The van der Waals surface area contributed by atoms with Gasteiger partial charge < -0.3 is 14.3 Å². The maximum Gasteiger partial charge on any atom is 0.255 e. The summed E-state index contributed by atoms with van der Waals surface area (Å²) in [6.45, 7) is 0.727. The molecule has 0 saturated carbocycles. The first kappa shape index (κ1) is 16.3. The number of furan rings is 1. The molecule has 0 aliphatic carbocycles. The van der Waals surface area contributed by atoms with E-state index in [0.717, 1.165) is 34.0 Å². The number of aromatic nitrogens is 2. The second-order valence-corrected chi connectivity index (χ2v) is 6.70. The van der Waals surface area contributed by atoms with E-state index in [1.165, 1.54) is 0 Å². The van der Waals surface area contributed by atoms with Crippen molar-refractivity contribution in [3.8, 4) is 0 Å². The van der Waals surface area contributed by atoms with Crippen LogP contribution in [0.5, 0.6) is 0 Å². The third-order valence-corrected chi connectivity index (χ3v) is 4.78. The minimum Gasteiger partial charge on any atom is -0.456 e. The monoisotopic (exact) mass is 367 g/mol. The lowest BCUT2D eigenvalue weighted by Gasteiger charge is -2.07. The summed E-state index contributed by atoms with van der Waals surface area (Å²) in [4.78, 5) is 16.6. The van der Waals surface area contributed by atoms with Crippen LogP contribution in [0.4, 0.5) is 5.69 Å². The zero-order valence-corrected chi connectivity index (χ0v) is 15.0. The SMILES string of the molecule is O=C(Nc1ccc2c(c1)oc1ccccc12)c1ccc(Cn2ccnc2)cc1. The van der Waals surface area contributed by atoms with Gasteiger partial charge in [-0.2, -0.15) is 0 Å². The number of hydrogen-bond acceptors (Lipinski definition) is 3. The van der Waals surface area contributed by atoms with E-state index < -0.39 is 0 Å². The minimum atomic E-state index is -0.148. The molecule has 0 aliphatic heterocycles.